The van der Waals surface area contributed by atoms with Crippen LogP contribution in [-0.4, -0.2) is 11.6 Å². The molecule has 0 aromatic rings. The Hall–Kier alpha value is -0.790. The molecule has 4 rings (SSSR count). The van der Waals surface area contributed by atoms with E-state index in [0.29, 0.717) is 18.3 Å². The van der Waals surface area contributed by atoms with Crippen LogP contribution in [0, 0.1) is 23.7 Å². The van der Waals surface area contributed by atoms with E-state index < -0.39 is 0 Å². The Labute approximate surface area is 116 Å². The standard InChI is InChI=1S/C17H26O2/c1-3-5-6-16(18)19-17(4-2)14-8-12-7-13(10-14)11-15(17)9-12/h3,12-15H,1,4-11H2,2H3. The fraction of sp³-hybridized carbons (Fsp3) is 0.824. The second-order valence-electron chi connectivity index (χ2n) is 6.91. The van der Waals surface area contributed by atoms with Crippen LogP contribution in [0.2, 0.25) is 0 Å². The number of carbonyl (C=O) groups is 1. The fourth-order valence-electron chi connectivity index (χ4n) is 5.28. The van der Waals surface area contributed by atoms with E-state index in [1.54, 1.807) is 6.08 Å². The molecule has 0 aliphatic heterocycles. The molecule has 4 fully saturated rings. The maximum absolute atomic E-state index is 12.1. The first kappa shape index (κ1) is 13.2. The molecule has 0 aromatic heterocycles. The molecule has 0 amide bonds. The van der Waals surface area contributed by atoms with Gasteiger partial charge in [0.15, 0.2) is 0 Å². The molecule has 2 nitrogen and oxygen atoms in total. The summed E-state index contributed by atoms with van der Waals surface area (Å²) in [6.07, 6.45) is 10.7. The zero-order valence-corrected chi connectivity index (χ0v) is 12.1. The summed E-state index contributed by atoms with van der Waals surface area (Å²) < 4.78 is 6.08. The summed E-state index contributed by atoms with van der Waals surface area (Å²) in [6.45, 7) is 5.89. The van der Waals surface area contributed by atoms with Crippen molar-refractivity contribution in [1.29, 1.82) is 0 Å². The van der Waals surface area contributed by atoms with Gasteiger partial charge in [0.2, 0.25) is 0 Å². The van der Waals surface area contributed by atoms with Gasteiger partial charge in [0.25, 0.3) is 0 Å². The van der Waals surface area contributed by atoms with Crippen LogP contribution in [0.3, 0.4) is 0 Å². The van der Waals surface area contributed by atoms with E-state index in [-0.39, 0.29) is 11.6 Å². The average Bonchev–Trinajstić information content (AvgIpc) is 2.40. The fourth-order valence-corrected chi connectivity index (χ4v) is 5.28. The monoisotopic (exact) mass is 262 g/mol. The van der Waals surface area contributed by atoms with Gasteiger partial charge in [0.05, 0.1) is 0 Å². The highest BCUT2D eigenvalue weighted by Crippen LogP contribution is 2.60. The zero-order valence-electron chi connectivity index (χ0n) is 12.1. The molecule has 0 aromatic carbocycles. The van der Waals surface area contributed by atoms with Crippen LogP contribution >= 0.6 is 0 Å². The second kappa shape index (κ2) is 4.96. The molecule has 0 atom stereocenters. The minimum Gasteiger partial charge on any atom is -0.458 e. The molecular weight excluding hydrogens is 236 g/mol. The maximum Gasteiger partial charge on any atom is 0.306 e. The van der Waals surface area contributed by atoms with E-state index in [2.05, 4.69) is 13.5 Å². The Morgan fingerprint density at radius 2 is 1.79 bits per heavy atom. The summed E-state index contributed by atoms with van der Waals surface area (Å²) >= 11 is 0. The average molecular weight is 262 g/mol. The Bertz CT molecular complexity index is 343. The van der Waals surface area contributed by atoms with Gasteiger partial charge in [-0.15, -0.1) is 6.58 Å². The largest absolute Gasteiger partial charge is 0.458 e. The van der Waals surface area contributed by atoms with E-state index >= 15 is 0 Å². The highest BCUT2D eigenvalue weighted by atomic mass is 16.6. The van der Waals surface area contributed by atoms with Gasteiger partial charge in [-0.25, -0.2) is 0 Å². The van der Waals surface area contributed by atoms with Crippen molar-refractivity contribution < 1.29 is 9.53 Å². The molecule has 0 unspecified atom stereocenters. The van der Waals surface area contributed by atoms with Crippen LogP contribution in [0.25, 0.3) is 0 Å². The minimum absolute atomic E-state index is 0.00535. The minimum atomic E-state index is -0.119. The van der Waals surface area contributed by atoms with Gasteiger partial charge in [-0.3, -0.25) is 4.79 Å². The van der Waals surface area contributed by atoms with Crippen LogP contribution < -0.4 is 0 Å². The number of allylic oxidation sites excluding steroid dienone is 1. The van der Waals surface area contributed by atoms with Crippen molar-refractivity contribution in [3.8, 4) is 0 Å². The third-order valence-electron chi connectivity index (χ3n) is 5.93. The SMILES string of the molecule is C=CCCC(=O)OC1(CC)C2CC3CC(C2)CC1C3. The number of hydrogen-bond acceptors (Lipinski definition) is 2. The zero-order chi connectivity index (χ0) is 13.5. The highest BCUT2D eigenvalue weighted by molar-refractivity contribution is 5.70. The lowest BCUT2D eigenvalue weighted by Crippen LogP contribution is -2.59. The molecule has 0 radical (unpaired) electrons. The lowest BCUT2D eigenvalue weighted by molar-refractivity contribution is -0.210. The number of carbonyl (C=O) groups excluding carboxylic acids is 1. The maximum atomic E-state index is 12.1. The lowest BCUT2D eigenvalue weighted by Gasteiger charge is -2.60. The topological polar surface area (TPSA) is 26.3 Å². The molecule has 4 aliphatic rings. The van der Waals surface area contributed by atoms with Crippen molar-refractivity contribution in [2.24, 2.45) is 23.7 Å². The van der Waals surface area contributed by atoms with Gasteiger partial charge >= 0.3 is 5.97 Å². The second-order valence-corrected chi connectivity index (χ2v) is 6.91. The predicted molar refractivity (Wildman–Crippen MR) is 75.6 cm³/mol. The first-order chi connectivity index (χ1) is 9.18. The van der Waals surface area contributed by atoms with E-state index in [9.17, 15) is 4.79 Å². The lowest BCUT2D eigenvalue weighted by atomic mass is 9.49. The molecule has 4 aliphatic carbocycles. The molecule has 4 saturated carbocycles. The van der Waals surface area contributed by atoms with Crippen LogP contribution in [0.5, 0.6) is 0 Å². The van der Waals surface area contributed by atoms with Crippen molar-refractivity contribution >= 4 is 5.97 Å². The molecule has 2 heteroatoms. The van der Waals surface area contributed by atoms with Crippen LogP contribution in [0.1, 0.15) is 58.3 Å². The van der Waals surface area contributed by atoms with Gasteiger partial charge in [-0.2, -0.15) is 0 Å². The van der Waals surface area contributed by atoms with Gasteiger partial charge < -0.3 is 4.74 Å². The molecule has 0 heterocycles. The first-order valence-corrected chi connectivity index (χ1v) is 8.00. The van der Waals surface area contributed by atoms with Gasteiger partial charge in [-0.05, 0) is 68.6 Å². The Morgan fingerprint density at radius 1 is 1.21 bits per heavy atom. The summed E-state index contributed by atoms with van der Waals surface area (Å²) in [5, 5.41) is 0. The number of rotatable bonds is 5. The van der Waals surface area contributed by atoms with Crippen LogP contribution in [0.4, 0.5) is 0 Å². The highest BCUT2D eigenvalue weighted by Gasteiger charge is 2.58. The normalized spacial score (nSPS) is 43.2. The third-order valence-corrected chi connectivity index (χ3v) is 5.93. The van der Waals surface area contributed by atoms with E-state index in [4.69, 9.17) is 4.74 Å². The van der Waals surface area contributed by atoms with E-state index in [0.717, 1.165) is 24.7 Å². The van der Waals surface area contributed by atoms with Gasteiger partial charge in [0, 0.05) is 6.42 Å². The Balaban J connectivity index is 1.75. The van der Waals surface area contributed by atoms with Crippen molar-refractivity contribution in [3.63, 3.8) is 0 Å². The van der Waals surface area contributed by atoms with E-state index in [1.807, 2.05) is 0 Å². The molecule has 0 N–H and O–H groups in total. The van der Waals surface area contributed by atoms with Gasteiger partial charge in [-0.1, -0.05) is 13.0 Å². The predicted octanol–water partition coefficient (Wildman–Crippen LogP) is 4.10. The number of ether oxygens (including phenoxy) is 1. The molecule has 4 bridgehead atoms. The van der Waals surface area contributed by atoms with Crippen molar-refractivity contribution in [2.75, 3.05) is 0 Å². The third kappa shape index (κ3) is 2.13. The van der Waals surface area contributed by atoms with Crippen molar-refractivity contribution in [1.82, 2.24) is 0 Å². The summed E-state index contributed by atoms with van der Waals surface area (Å²) in [5.74, 6) is 3.13. The summed E-state index contributed by atoms with van der Waals surface area (Å²) in [5.41, 5.74) is -0.119. The summed E-state index contributed by atoms with van der Waals surface area (Å²) in [6, 6.07) is 0. The van der Waals surface area contributed by atoms with Crippen molar-refractivity contribution in [2.45, 2.75) is 63.9 Å². The summed E-state index contributed by atoms with van der Waals surface area (Å²) in [4.78, 5) is 12.1. The Morgan fingerprint density at radius 3 is 2.26 bits per heavy atom. The van der Waals surface area contributed by atoms with E-state index in [1.165, 1.54) is 32.1 Å². The molecule has 106 valence electrons. The quantitative estimate of drug-likeness (QED) is 0.551. The molecule has 0 saturated heterocycles. The summed E-state index contributed by atoms with van der Waals surface area (Å²) in [7, 11) is 0. The number of esters is 1. The smallest absolute Gasteiger partial charge is 0.306 e. The van der Waals surface area contributed by atoms with Crippen LogP contribution in [-0.2, 0) is 9.53 Å². The first-order valence-electron chi connectivity index (χ1n) is 8.00. The van der Waals surface area contributed by atoms with Crippen molar-refractivity contribution in [3.05, 3.63) is 12.7 Å². The number of hydrogen-bond donors (Lipinski definition) is 0. The van der Waals surface area contributed by atoms with Gasteiger partial charge in [0.1, 0.15) is 5.60 Å². The molecular formula is C17H26O2. The Kier molecular flexibility index (Phi) is 3.44. The molecule has 19 heavy (non-hydrogen) atoms. The van der Waals surface area contributed by atoms with Crippen LogP contribution in [0.15, 0.2) is 12.7 Å². The molecule has 0 spiro atoms.